The third-order valence-electron chi connectivity index (χ3n) is 2.10. The van der Waals surface area contributed by atoms with E-state index in [1.54, 1.807) is 11.8 Å². The van der Waals surface area contributed by atoms with Crippen LogP contribution in [-0.4, -0.2) is 35.0 Å². The van der Waals surface area contributed by atoms with Gasteiger partial charge in [0.15, 0.2) is 0 Å². The molecular formula is C10H19NO3. The van der Waals surface area contributed by atoms with Crippen LogP contribution >= 0.6 is 0 Å². The Balaban J connectivity index is 4.29. The van der Waals surface area contributed by atoms with Gasteiger partial charge in [0.2, 0.25) is 5.91 Å². The van der Waals surface area contributed by atoms with Crippen LogP contribution in [0.15, 0.2) is 0 Å². The van der Waals surface area contributed by atoms with E-state index in [1.165, 1.54) is 0 Å². The minimum Gasteiger partial charge on any atom is -0.481 e. The second kappa shape index (κ2) is 5.62. The molecule has 0 saturated heterocycles. The molecule has 1 atom stereocenters. The molecule has 0 heterocycles. The summed E-state index contributed by atoms with van der Waals surface area (Å²) < 4.78 is 0. The zero-order chi connectivity index (χ0) is 11.3. The van der Waals surface area contributed by atoms with Crippen molar-refractivity contribution in [2.75, 3.05) is 13.1 Å². The van der Waals surface area contributed by atoms with Crippen molar-refractivity contribution in [1.29, 1.82) is 0 Å². The summed E-state index contributed by atoms with van der Waals surface area (Å²) in [5.41, 5.74) is 0. The number of nitrogens with zero attached hydrogens (tertiary/aromatic N) is 1. The molecule has 0 aromatic heterocycles. The number of hydrogen-bond donors (Lipinski definition) is 1. The summed E-state index contributed by atoms with van der Waals surface area (Å²) in [4.78, 5) is 23.8. The van der Waals surface area contributed by atoms with Gasteiger partial charge in [-0.1, -0.05) is 20.8 Å². The molecule has 0 spiro atoms. The van der Waals surface area contributed by atoms with E-state index in [0.29, 0.717) is 13.1 Å². The highest BCUT2D eigenvalue weighted by atomic mass is 16.4. The highest BCUT2D eigenvalue weighted by Crippen LogP contribution is 2.05. The van der Waals surface area contributed by atoms with Gasteiger partial charge in [-0.15, -0.1) is 0 Å². The van der Waals surface area contributed by atoms with Gasteiger partial charge < -0.3 is 10.0 Å². The first-order valence-corrected chi connectivity index (χ1v) is 4.91. The summed E-state index contributed by atoms with van der Waals surface area (Å²) in [6.07, 6.45) is 0. The maximum absolute atomic E-state index is 11.6. The fourth-order valence-electron chi connectivity index (χ4n) is 1.15. The van der Waals surface area contributed by atoms with Crippen molar-refractivity contribution in [3.05, 3.63) is 0 Å². The first-order chi connectivity index (χ1) is 6.40. The van der Waals surface area contributed by atoms with Crippen molar-refractivity contribution in [3.8, 4) is 0 Å². The second-order valence-corrected chi connectivity index (χ2v) is 3.77. The van der Waals surface area contributed by atoms with Crippen molar-refractivity contribution < 1.29 is 14.7 Å². The molecule has 0 bridgehead atoms. The average Bonchev–Trinajstić information content (AvgIpc) is 2.12. The number of hydrogen-bond acceptors (Lipinski definition) is 2. The van der Waals surface area contributed by atoms with E-state index in [0.717, 1.165) is 0 Å². The molecule has 0 radical (unpaired) electrons. The van der Waals surface area contributed by atoms with Crippen molar-refractivity contribution in [2.24, 2.45) is 11.8 Å². The summed E-state index contributed by atoms with van der Waals surface area (Å²) in [5.74, 6) is -1.42. The van der Waals surface area contributed by atoms with Gasteiger partial charge in [0.05, 0.1) is 5.92 Å². The van der Waals surface area contributed by atoms with Crippen LogP contribution in [0, 0.1) is 11.8 Å². The van der Waals surface area contributed by atoms with Crippen LogP contribution < -0.4 is 0 Å². The third kappa shape index (κ3) is 3.77. The Morgan fingerprint density at radius 1 is 1.29 bits per heavy atom. The largest absolute Gasteiger partial charge is 0.481 e. The van der Waals surface area contributed by atoms with Crippen LogP contribution in [0.1, 0.15) is 27.7 Å². The molecule has 1 N–H and O–H groups in total. The maximum atomic E-state index is 11.6. The third-order valence-corrected chi connectivity index (χ3v) is 2.10. The van der Waals surface area contributed by atoms with Crippen molar-refractivity contribution in [1.82, 2.24) is 4.90 Å². The molecule has 0 aromatic carbocycles. The molecule has 0 aromatic rings. The molecule has 0 fully saturated rings. The lowest BCUT2D eigenvalue weighted by Crippen LogP contribution is -2.39. The van der Waals surface area contributed by atoms with E-state index in [4.69, 9.17) is 5.11 Å². The van der Waals surface area contributed by atoms with E-state index in [2.05, 4.69) is 0 Å². The fraction of sp³-hybridized carbons (Fsp3) is 0.800. The van der Waals surface area contributed by atoms with Gasteiger partial charge in [-0.05, 0) is 6.92 Å². The van der Waals surface area contributed by atoms with Gasteiger partial charge in [-0.2, -0.15) is 0 Å². The highest BCUT2D eigenvalue weighted by molar-refractivity contribution is 5.79. The van der Waals surface area contributed by atoms with Gasteiger partial charge >= 0.3 is 5.97 Å². The predicted molar refractivity (Wildman–Crippen MR) is 53.9 cm³/mol. The Kier molecular flexibility index (Phi) is 5.20. The molecular weight excluding hydrogens is 182 g/mol. The number of carboxylic acid groups (broad SMARTS) is 1. The van der Waals surface area contributed by atoms with Gasteiger partial charge in [0.1, 0.15) is 0 Å². The van der Waals surface area contributed by atoms with Crippen molar-refractivity contribution in [2.45, 2.75) is 27.7 Å². The number of carbonyl (C=O) groups is 2. The summed E-state index contributed by atoms with van der Waals surface area (Å²) in [6, 6.07) is 0. The number of aliphatic carboxylic acids is 1. The zero-order valence-electron chi connectivity index (χ0n) is 9.28. The van der Waals surface area contributed by atoms with Crippen LogP contribution in [0.25, 0.3) is 0 Å². The second-order valence-electron chi connectivity index (χ2n) is 3.77. The summed E-state index contributed by atoms with van der Waals surface area (Å²) >= 11 is 0. The lowest BCUT2D eigenvalue weighted by molar-refractivity contribution is -0.143. The van der Waals surface area contributed by atoms with Gasteiger partial charge in [0, 0.05) is 19.0 Å². The SMILES string of the molecule is CCN(CC(C)C(=O)O)C(=O)C(C)C. The lowest BCUT2D eigenvalue weighted by Gasteiger charge is -2.24. The molecule has 14 heavy (non-hydrogen) atoms. The molecule has 1 unspecified atom stereocenters. The number of carbonyl (C=O) groups excluding carboxylic acids is 1. The smallest absolute Gasteiger partial charge is 0.308 e. The van der Waals surface area contributed by atoms with Gasteiger partial charge in [0.25, 0.3) is 0 Å². The standard InChI is InChI=1S/C10H19NO3/c1-5-11(9(12)7(2)3)6-8(4)10(13)14/h7-8H,5-6H2,1-4H3,(H,13,14). The Morgan fingerprint density at radius 2 is 1.79 bits per heavy atom. The van der Waals surface area contributed by atoms with E-state index in [-0.39, 0.29) is 11.8 Å². The molecule has 0 aliphatic heterocycles. The molecule has 0 aliphatic rings. The van der Waals surface area contributed by atoms with Crippen LogP contribution in [-0.2, 0) is 9.59 Å². The molecule has 4 nitrogen and oxygen atoms in total. The quantitative estimate of drug-likeness (QED) is 0.727. The molecule has 82 valence electrons. The van der Waals surface area contributed by atoms with E-state index in [1.807, 2.05) is 20.8 Å². The van der Waals surface area contributed by atoms with Crippen LogP contribution in [0.3, 0.4) is 0 Å². The molecule has 0 saturated carbocycles. The van der Waals surface area contributed by atoms with E-state index >= 15 is 0 Å². The number of carboxylic acids is 1. The molecule has 0 rings (SSSR count). The summed E-state index contributed by atoms with van der Waals surface area (Å²) in [7, 11) is 0. The van der Waals surface area contributed by atoms with Crippen LogP contribution in [0.4, 0.5) is 0 Å². The Bertz CT molecular complexity index is 213. The number of rotatable bonds is 5. The van der Waals surface area contributed by atoms with Gasteiger partial charge in [-0.3, -0.25) is 9.59 Å². The summed E-state index contributed by atoms with van der Waals surface area (Å²) in [5, 5.41) is 8.71. The first-order valence-electron chi connectivity index (χ1n) is 4.91. The Hall–Kier alpha value is -1.06. The minimum absolute atomic E-state index is 0.0144. The average molecular weight is 201 g/mol. The maximum Gasteiger partial charge on any atom is 0.308 e. The van der Waals surface area contributed by atoms with Crippen LogP contribution in [0.2, 0.25) is 0 Å². The normalized spacial score (nSPS) is 12.6. The first kappa shape index (κ1) is 12.9. The van der Waals surface area contributed by atoms with E-state index in [9.17, 15) is 9.59 Å². The molecule has 0 aliphatic carbocycles. The van der Waals surface area contributed by atoms with Gasteiger partial charge in [-0.25, -0.2) is 0 Å². The minimum atomic E-state index is -0.861. The lowest BCUT2D eigenvalue weighted by atomic mass is 10.1. The molecule has 4 heteroatoms. The fourth-order valence-corrected chi connectivity index (χ4v) is 1.15. The topological polar surface area (TPSA) is 57.6 Å². The van der Waals surface area contributed by atoms with Crippen molar-refractivity contribution >= 4 is 11.9 Å². The van der Waals surface area contributed by atoms with Crippen LogP contribution in [0.5, 0.6) is 0 Å². The Morgan fingerprint density at radius 3 is 2.07 bits per heavy atom. The molecule has 1 amide bonds. The zero-order valence-corrected chi connectivity index (χ0v) is 9.28. The highest BCUT2D eigenvalue weighted by Gasteiger charge is 2.20. The van der Waals surface area contributed by atoms with E-state index < -0.39 is 11.9 Å². The van der Waals surface area contributed by atoms with Crippen molar-refractivity contribution in [3.63, 3.8) is 0 Å². The number of amides is 1. The monoisotopic (exact) mass is 201 g/mol. The predicted octanol–water partition coefficient (Wildman–Crippen LogP) is 1.21. The Labute approximate surface area is 84.9 Å². The summed E-state index contributed by atoms with van der Waals surface area (Å²) in [6.45, 7) is 7.96.